The maximum atomic E-state index is 12.5. The zero-order chi connectivity index (χ0) is 18.0. The number of unbranched alkanes of at least 4 members (excludes halogenated alkanes) is 1. The predicted molar refractivity (Wildman–Crippen MR) is 103 cm³/mol. The number of rotatable bonds is 5. The number of carbonyl (C=O) groups is 2. The molecule has 5 nitrogen and oxygen atoms in total. The highest BCUT2D eigenvalue weighted by Gasteiger charge is 2.32. The number of thiocarbonyl (C=S) groups is 1. The Balaban J connectivity index is 1.86. The molecule has 0 saturated carbocycles. The molecular formula is C19H23N3O2S. The van der Waals surface area contributed by atoms with E-state index in [-0.39, 0.29) is 16.6 Å². The van der Waals surface area contributed by atoms with Crippen molar-refractivity contribution in [1.82, 2.24) is 10.2 Å². The zero-order valence-electron chi connectivity index (χ0n) is 14.7. The number of anilines is 1. The van der Waals surface area contributed by atoms with E-state index in [9.17, 15) is 9.59 Å². The highest BCUT2D eigenvalue weighted by molar-refractivity contribution is 7.80. The first kappa shape index (κ1) is 17.6. The van der Waals surface area contributed by atoms with Crippen LogP contribution in [0.2, 0.25) is 0 Å². The van der Waals surface area contributed by atoms with Gasteiger partial charge in [-0.1, -0.05) is 19.4 Å². The smallest absolute Gasteiger partial charge is 0.265 e. The quantitative estimate of drug-likeness (QED) is 0.500. The van der Waals surface area contributed by atoms with Crippen molar-refractivity contribution in [2.45, 2.75) is 33.1 Å². The van der Waals surface area contributed by atoms with Crippen LogP contribution in [0.5, 0.6) is 0 Å². The molecule has 1 N–H and O–H groups in total. The third-order valence-electron chi connectivity index (χ3n) is 4.69. The van der Waals surface area contributed by atoms with Gasteiger partial charge in [0.1, 0.15) is 5.57 Å². The van der Waals surface area contributed by atoms with Gasteiger partial charge in [-0.25, -0.2) is 0 Å². The fraction of sp³-hybridized carbons (Fsp3) is 0.421. The van der Waals surface area contributed by atoms with Gasteiger partial charge in [-0.05, 0) is 61.3 Å². The average molecular weight is 357 g/mol. The predicted octanol–water partition coefficient (Wildman–Crippen LogP) is 2.50. The van der Waals surface area contributed by atoms with Crippen LogP contribution in [0, 0.1) is 0 Å². The molecule has 0 aromatic heterocycles. The van der Waals surface area contributed by atoms with Crippen molar-refractivity contribution in [1.29, 1.82) is 0 Å². The van der Waals surface area contributed by atoms with E-state index in [1.807, 2.05) is 13.0 Å². The topological polar surface area (TPSA) is 52.7 Å². The molecule has 1 aromatic carbocycles. The van der Waals surface area contributed by atoms with Crippen molar-refractivity contribution in [2.24, 2.45) is 0 Å². The molecule has 1 fully saturated rings. The van der Waals surface area contributed by atoms with Gasteiger partial charge in [0.05, 0.1) is 0 Å². The highest BCUT2D eigenvalue weighted by atomic mass is 32.1. The lowest BCUT2D eigenvalue weighted by molar-refractivity contribution is -0.128. The third-order valence-corrected chi connectivity index (χ3v) is 5.01. The summed E-state index contributed by atoms with van der Waals surface area (Å²) in [6, 6.07) is 6.15. The Morgan fingerprint density at radius 1 is 1.28 bits per heavy atom. The number of hydrogen-bond acceptors (Lipinski definition) is 4. The fourth-order valence-corrected chi connectivity index (χ4v) is 3.61. The average Bonchev–Trinajstić information content (AvgIpc) is 2.99. The van der Waals surface area contributed by atoms with Crippen molar-refractivity contribution in [3.05, 3.63) is 34.9 Å². The second-order valence-corrected chi connectivity index (χ2v) is 6.73. The molecule has 0 radical (unpaired) electrons. The van der Waals surface area contributed by atoms with Crippen molar-refractivity contribution in [3.8, 4) is 0 Å². The lowest BCUT2D eigenvalue weighted by atomic mass is 10.0. The van der Waals surface area contributed by atoms with Gasteiger partial charge in [0, 0.05) is 25.3 Å². The van der Waals surface area contributed by atoms with Crippen LogP contribution in [0.15, 0.2) is 23.8 Å². The molecule has 2 aliphatic heterocycles. The van der Waals surface area contributed by atoms with Crippen LogP contribution in [-0.2, 0) is 16.0 Å². The molecule has 132 valence electrons. The number of amides is 2. The van der Waals surface area contributed by atoms with Crippen LogP contribution in [0.3, 0.4) is 0 Å². The Hall–Kier alpha value is -2.21. The Labute approximate surface area is 153 Å². The van der Waals surface area contributed by atoms with Crippen LogP contribution in [0.1, 0.15) is 37.8 Å². The molecule has 3 rings (SSSR count). The standard InChI is InChI=1S/C19H23N3O2S/c1-3-5-9-21-10-8-14-11-13(6-7-16(14)21)12-15-17(23)20-19(25)22(4-2)18(15)24/h6-7,11-12H,3-5,8-10H2,1-2H3,(H,20,23,25)/b15-12+. The first-order valence-electron chi connectivity index (χ1n) is 8.82. The second-order valence-electron chi connectivity index (χ2n) is 6.35. The maximum Gasteiger partial charge on any atom is 0.265 e. The summed E-state index contributed by atoms with van der Waals surface area (Å²) < 4.78 is 0. The maximum absolute atomic E-state index is 12.5. The Morgan fingerprint density at radius 3 is 2.80 bits per heavy atom. The van der Waals surface area contributed by atoms with Gasteiger partial charge in [-0.3, -0.25) is 19.8 Å². The first-order valence-corrected chi connectivity index (χ1v) is 9.22. The summed E-state index contributed by atoms with van der Waals surface area (Å²) in [6.07, 6.45) is 5.04. The molecule has 0 aliphatic carbocycles. The normalized spacial score (nSPS) is 18.8. The van der Waals surface area contributed by atoms with Crippen molar-refractivity contribution < 1.29 is 9.59 Å². The molecule has 2 amide bonds. The molecule has 25 heavy (non-hydrogen) atoms. The minimum atomic E-state index is -0.426. The summed E-state index contributed by atoms with van der Waals surface area (Å²) >= 11 is 5.05. The van der Waals surface area contributed by atoms with E-state index in [1.54, 1.807) is 6.08 Å². The van der Waals surface area contributed by atoms with Crippen molar-refractivity contribution >= 4 is 40.9 Å². The molecule has 0 unspecified atom stereocenters. The van der Waals surface area contributed by atoms with Gasteiger partial charge in [0.25, 0.3) is 11.8 Å². The molecule has 0 spiro atoms. The zero-order valence-corrected chi connectivity index (χ0v) is 15.5. The SMILES string of the molecule is CCCCN1CCc2cc(/C=C3\C(=O)NC(=S)N(CC)C3=O)ccc21. The molecule has 0 atom stereocenters. The molecule has 0 bridgehead atoms. The largest absolute Gasteiger partial charge is 0.371 e. The highest BCUT2D eigenvalue weighted by Crippen LogP contribution is 2.30. The molecule has 1 saturated heterocycles. The summed E-state index contributed by atoms with van der Waals surface area (Å²) in [5.74, 6) is -0.758. The fourth-order valence-electron chi connectivity index (χ4n) is 3.31. The van der Waals surface area contributed by atoms with E-state index in [2.05, 4.69) is 29.3 Å². The number of carbonyl (C=O) groups excluding carboxylic acids is 2. The van der Waals surface area contributed by atoms with E-state index in [0.29, 0.717) is 6.54 Å². The van der Waals surface area contributed by atoms with Crippen LogP contribution < -0.4 is 10.2 Å². The number of hydrogen-bond donors (Lipinski definition) is 1. The monoisotopic (exact) mass is 357 g/mol. The van der Waals surface area contributed by atoms with Gasteiger partial charge >= 0.3 is 0 Å². The number of fused-ring (bicyclic) bond motifs is 1. The van der Waals surface area contributed by atoms with E-state index < -0.39 is 5.91 Å². The molecular weight excluding hydrogens is 334 g/mol. The van der Waals surface area contributed by atoms with Crippen LogP contribution >= 0.6 is 12.2 Å². The summed E-state index contributed by atoms with van der Waals surface area (Å²) in [5, 5.41) is 2.76. The first-order chi connectivity index (χ1) is 12.0. The van der Waals surface area contributed by atoms with Gasteiger partial charge in [-0.15, -0.1) is 0 Å². The Kier molecular flexibility index (Phi) is 5.18. The van der Waals surface area contributed by atoms with Crippen molar-refractivity contribution in [3.63, 3.8) is 0 Å². The molecule has 1 aromatic rings. The third kappa shape index (κ3) is 3.44. The van der Waals surface area contributed by atoms with Gasteiger partial charge in [0.15, 0.2) is 5.11 Å². The van der Waals surface area contributed by atoms with Crippen LogP contribution in [0.25, 0.3) is 6.08 Å². The number of benzene rings is 1. The van der Waals surface area contributed by atoms with E-state index in [4.69, 9.17) is 12.2 Å². The van der Waals surface area contributed by atoms with Gasteiger partial charge in [0.2, 0.25) is 0 Å². The minimum Gasteiger partial charge on any atom is -0.371 e. The molecule has 2 heterocycles. The van der Waals surface area contributed by atoms with Crippen molar-refractivity contribution in [2.75, 3.05) is 24.5 Å². The van der Waals surface area contributed by atoms with E-state index >= 15 is 0 Å². The number of nitrogens with zero attached hydrogens (tertiary/aromatic N) is 2. The van der Waals surface area contributed by atoms with Crippen LogP contribution in [-0.4, -0.2) is 41.5 Å². The van der Waals surface area contributed by atoms with E-state index in [0.717, 1.165) is 25.1 Å². The van der Waals surface area contributed by atoms with Gasteiger partial charge in [-0.2, -0.15) is 0 Å². The summed E-state index contributed by atoms with van der Waals surface area (Å²) in [4.78, 5) is 28.5. The van der Waals surface area contributed by atoms with Gasteiger partial charge < -0.3 is 4.90 Å². The summed E-state index contributed by atoms with van der Waals surface area (Å²) in [6.45, 7) is 6.58. The Bertz CT molecular complexity index is 757. The molecule has 6 heteroatoms. The van der Waals surface area contributed by atoms with E-state index in [1.165, 1.54) is 29.0 Å². The van der Waals surface area contributed by atoms with Crippen LogP contribution in [0.4, 0.5) is 5.69 Å². The minimum absolute atomic E-state index is 0.135. The summed E-state index contributed by atoms with van der Waals surface area (Å²) in [7, 11) is 0. The number of likely N-dealkylation sites (N-methyl/N-ethyl adjacent to an activating group) is 1. The number of nitrogens with one attached hydrogen (secondary N) is 1. The second kappa shape index (κ2) is 7.35. The lowest BCUT2D eigenvalue weighted by Crippen LogP contribution is -2.53. The summed E-state index contributed by atoms with van der Waals surface area (Å²) in [5.41, 5.74) is 3.55. The Morgan fingerprint density at radius 2 is 2.08 bits per heavy atom. The molecule has 2 aliphatic rings. The lowest BCUT2D eigenvalue weighted by Gasteiger charge is -2.27.